The highest BCUT2D eigenvalue weighted by Crippen LogP contribution is 2.32. The number of aromatic hydroxyl groups is 2. The fraction of sp³-hybridized carbons (Fsp3) is 0.571. The Morgan fingerprint density at radius 1 is 1.28 bits per heavy atom. The van der Waals surface area contributed by atoms with Crippen LogP contribution in [0.4, 0.5) is 0 Å². The van der Waals surface area contributed by atoms with E-state index in [-0.39, 0.29) is 29.7 Å². The largest absolute Gasteiger partial charge is 0.507 e. The molecule has 3 N–H and O–H groups in total. The van der Waals surface area contributed by atoms with Crippen molar-refractivity contribution in [1.82, 2.24) is 5.32 Å². The van der Waals surface area contributed by atoms with E-state index in [1.54, 1.807) is 18.2 Å². The molecule has 1 aromatic rings. The van der Waals surface area contributed by atoms with E-state index in [9.17, 15) is 10.2 Å². The van der Waals surface area contributed by atoms with Crippen molar-refractivity contribution in [3.63, 3.8) is 0 Å². The Morgan fingerprint density at radius 3 is 2.50 bits per heavy atom. The number of hydrogen-bond donors (Lipinski definition) is 3. The quantitative estimate of drug-likeness (QED) is 0.768. The van der Waals surface area contributed by atoms with Gasteiger partial charge in [-0.3, -0.25) is 0 Å². The van der Waals surface area contributed by atoms with Gasteiger partial charge in [0, 0.05) is 18.7 Å². The SMILES string of the molecule is CC(NC(C)C1CCCO1)c1c(O)cccc1O. The van der Waals surface area contributed by atoms with Gasteiger partial charge in [-0.1, -0.05) is 6.07 Å². The zero-order valence-electron chi connectivity index (χ0n) is 10.9. The second-order valence-electron chi connectivity index (χ2n) is 4.94. The normalized spacial score (nSPS) is 22.9. The average molecular weight is 251 g/mol. The third-order valence-corrected chi connectivity index (χ3v) is 3.53. The van der Waals surface area contributed by atoms with Crippen LogP contribution >= 0.6 is 0 Å². The van der Waals surface area contributed by atoms with E-state index in [1.165, 1.54) is 0 Å². The zero-order valence-corrected chi connectivity index (χ0v) is 10.9. The highest BCUT2D eigenvalue weighted by molar-refractivity contribution is 5.44. The number of phenolic OH excluding ortho intramolecular Hbond substituents is 2. The van der Waals surface area contributed by atoms with Crippen molar-refractivity contribution in [3.8, 4) is 11.5 Å². The minimum absolute atomic E-state index is 0.120. The van der Waals surface area contributed by atoms with E-state index >= 15 is 0 Å². The van der Waals surface area contributed by atoms with Gasteiger partial charge < -0.3 is 20.3 Å². The maximum Gasteiger partial charge on any atom is 0.124 e. The molecule has 1 fully saturated rings. The summed E-state index contributed by atoms with van der Waals surface area (Å²) in [5, 5.41) is 23.0. The molecule has 4 nitrogen and oxygen atoms in total. The Morgan fingerprint density at radius 2 is 1.94 bits per heavy atom. The number of hydrogen-bond acceptors (Lipinski definition) is 4. The van der Waals surface area contributed by atoms with E-state index in [0.29, 0.717) is 5.56 Å². The number of ether oxygens (including phenoxy) is 1. The van der Waals surface area contributed by atoms with E-state index < -0.39 is 0 Å². The fourth-order valence-corrected chi connectivity index (χ4v) is 2.57. The molecule has 0 amide bonds. The van der Waals surface area contributed by atoms with Gasteiger partial charge in [-0.05, 0) is 38.8 Å². The van der Waals surface area contributed by atoms with Gasteiger partial charge in [0.25, 0.3) is 0 Å². The molecule has 18 heavy (non-hydrogen) atoms. The first kappa shape index (κ1) is 13.2. The Balaban J connectivity index is 2.04. The summed E-state index contributed by atoms with van der Waals surface area (Å²) >= 11 is 0. The summed E-state index contributed by atoms with van der Waals surface area (Å²) in [5.74, 6) is 0.240. The van der Waals surface area contributed by atoms with Gasteiger partial charge in [0.15, 0.2) is 0 Å². The number of phenols is 2. The lowest BCUT2D eigenvalue weighted by atomic mass is 10.0. The molecule has 2 rings (SSSR count). The van der Waals surface area contributed by atoms with Crippen LogP contribution in [0.5, 0.6) is 11.5 Å². The number of rotatable bonds is 4. The third-order valence-electron chi connectivity index (χ3n) is 3.53. The second-order valence-corrected chi connectivity index (χ2v) is 4.94. The lowest BCUT2D eigenvalue weighted by Crippen LogP contribution is -2.38. The molecule has 1 aromatic carbocycles. The molecule has 4 heteroatoms. The topological polar surface area (TPSA) is 61.7 Å². The number of benzene rings is 1. The van der Waals surface area contributed by atoms with E-state index in [2.05, 4.69) is 12.2 Å². The van der Waals surface area contributed by atoms with Gasteiger partial charge >= 0.3 is 0 Å². The Labute approximate surface area is 108 Å². The maximum atomic E-state index is 9.81. The summed E-state index contributed by atoms with van der Waals surface area (Å²) in [6, 6.07) is 4.88. The lowest BCUT2D eigenvalue weighted by molar-refractivity contribution is 0.0802. The molecule has 1 saturated heterocycles. The predicted molar refractivity (Wildman–Crippen MR) is 69.8 cm³/mol. The first-order chi connectivity index (χ1) is 8.59. The van der Waals surface area contributed by atoms with Crippen molar-refractivity contribution in [3.05, 3.63) is 23.8 Å². The lowest BCUT2D eigenvalue weighted by Gasteiger charge is -2.25. The molecule has 0 aromatic heterocycles. The second kappa shape index (κ2) is 5.59. The maximum absolute atomic E-state index is 9.81. The predicted octanol–water partition coefficient (Wildman–Crippen LogP) is 2.32. The molecule has 3 atom stereocenters. The Kier molecular flexibility index (Phi) is 4.09. The van der Waals surface area contributed by atoms with E-state index in [1.807, 2.05) is 6.92 Å². The van der Waals surface area contributed by atoms with Crippen LogP contribution in [0.25, 0.3) is 0 Å². The van der Waals surface area contributed by atoms with Gasteiger partial charge in [-0.25, -0.2) is 0 Å². The molecule has 0 aliphatic carbocycles. The van der Waals surface area contributed by atoms with E-state index in [4.69, 9.17) is 4.74 Å². The fourth-order valence-electron chi connectivity index (χ4n) is 2.57. The summed E-state index contributed by atoms with van der Waals surface area (Å²) in [7, 11) is 0. The molecule has 0 radical (unpaired) electrons. The molecule has 0 bridgehead atoms. The smallest absolute Gasteiger partial charge is 0.124 e. The van der Waals surface area contributed by atoms with E-state index in [0.717, 1.165) is 19.4 Å². The van der Waals surface area contributed by atoms with Crippen LogP contribution < -0.4 is 5.32 Å². The van der Waals surface area contributed by atoms with Gasteiger partial charge in [0.1, 0.15) is 11.5 Å². The Hall–Kier alpha value is -1.26. The highest BCUT2D eigenvalue weighted by atomic mass is 16.5. The van der Waals surface area contributed by atoms with Gasteiger partial charge in [0.2, 0.25) is 0 Å². The number of nitrogens with one attached hydrogen (secondary N) is 1. The van der Waals surface area contributed by atoms with Crippen LogP contribution in [-0.4, -0.2) is 29.0 Å². The standard InChI is InChI=1S/C14H21NO3/c1-9(13-7-4-8-18-13)15-10(2)14-11(16)5-3-6-12(14)17/h3,5-6,9-10,13,15-17H,4,7-8H2,1-2H3. The summed E-state index contributed by atoms with van der Waals surface area (Å²) in [6.07, 6.45) is 2.39. The zero-order chi connectivity index (χ0) is 13.1. The molecule has 100 valence electrons. The van der Waals surface area contributed by atoms with Crippen LogP contribution in [0, 0.1) is 0 Å². The first-order valence-electron chi connectivity index (χ1n) is 6.48. The third kappa shape index (κ3) is 2.76. The average Bonchev–Trinajstić information content (AvgIpc) is 2.81. The highest BCUT2D eigenvalue weighted by Gasteiger charge is 2.25. The molecular weight excluding hydrogens is 230 g/mol. The summed E-state index contributed by atoms with van der Waals surface area (Å²) < 4.78 is 5.62. The molecule has 1 aliphatic rings. The van der Waals surface area contributed by atoms with Crippen molar-refractivity contribution < 1.29 is 14.9 Å². The molecular formula is C14H21NO3. The monoisotopic (exact) mass is 251 g/mol. The molecule has 1 aliphatic heterocycles. The summed E-state index contributed by atoms with van der Waals surface area (Å²) in [5.41, 5.74) is 0.544. The molecule has 0 spiro atoms. The summed E-state index contributed by atoms with van der Waals surface area (Å²) in [4.78, 5) is 0. The van der Waals surface area contributed by atoms with Crippen molar-refractivity contribution in [2.45, 2.75) is 44.9 Å². The summed E-state index contributed by atoms with van der Waals surface area (Å²) in [6.45, 7) is 4.83. The van der Waals surface area contributed by atoms with Gasteiger partial charge in [-0.15, -0.1) is 0 Å². The Bertz CT molecular complexity index is 382. The van der Waals surface area contributed by atoms with Crippen molar-refractivity contribution in [2.75, 3.05) is 6.61 Å². The first-order valence-corrected chi connectivity index (χ1v) is 6.48. The molecule has 1 heterocycles. The van der Waals surface area contributed by atoms with Gasteiger partial charge in [-0.2, -0.15) is 0 Å². The van der Waals surface area contributed by atoms with Crippen LogP contribution in [0.2, 0.25) is 0 Å². The van der Waals surface area contributed by atoms with Crippen LogP contribution in [-0.2, 0) is 4.74 Å². The molecule has 0 saturated carbocycles. The van der Waals surface area contributed by atoms with Gasteiger partial charge in [0.05, 0.1) is 11.7 Å². The molecule has 3 unspecified atom stereocenters. The van der Waals surface area contributed by atoms with Crippen LogP contribution in [0.3, 0.4) is 0 Å². The minimum Gasteiger partial charge on any atom is -0.507 e. The van der Waals surface area contributed by atoms with Crippen LogP contribution in [0.1, 0.15) is 38.3 Å². The van der Waals surface area contributed by atoms with Crippen molar-refractivity contribution >= 4 is 0 Å². The van der Waals surface area contributed by atoms with Crippen molar-refractivity contribution in [1.29, 1.82) is 0 Å². The van der Waals surface area contributed by atoms with Crippen molar-refractivity contribution in [2.24, 2.45) is 0 Å². The van der Waals surface area contributed by atoms with Crippen LogP contribution in [0.15, 0.2) is 18.2 Å². The minimum atomic E-state index is -0.120.